The Morgan fingerprint density at radius 3 is 2.33 bits per heavy atom. The highest BCUT2D eigenvalue weighted by Crippen LogP contribution is 2.50. The molecule has 3 N–H and O–H groups in total. The Hall–Kier alpha value is -3.56. The normalized spacial score (nSPS) is 16.6. The molecule has 0 unspecified atom stereocenters. The number of hydrogen-bond acceptors (Lipinski definition) is 6. The number of hydrogen-bond donors (Lipinski definition) is 3. The lowest BCUT2D eigenvalue weighted by Gasteiger charge is -2.27. The Kier molecular flexibility index (Phi) is 5.43. The van der Waals surface area contributed by atoms with Crippen molar-refractivity contribution in [3.05, 3.63) is 41.5 Å². The smallest absolute Gasteiger partial charge is 0.270 e. The van der Waals surface area contributed by atoms with Gasteiger partial charge >= 0.3 is 0 Å². The summed E-state index contributed by atoms with van der Waals surface area (Å²) in [6, 6.07) is 4.57. The van der Waals surface area contributed by atoms with Crippen LogP contribution in [0.2, 0.25) is 0 Å². The molecule has 1 atom stereocenters. The van der Waals surface area contributed by atoms with E-state index in [1.165, 1.54) is 4.68 Å². The third kappa shape index (κ3) is 4.37. The predicted octanol–water partition coefficient (Wildman–Crippen LogP) is 2.39. The van der Waals surface area contributed by atoms with Gasteiger partial charge < -0.3 is 10.6 Å². The molecule has 33 heavy (non-hydrogen) atoms. The number of H-pyrrole nitrogens is 1. The summed E-state index contributed by atoms with van der Waals surface area (Å²) in [6.07, 6.45) is 5.98. The molecule has 3 aromatic heterocycles. The molecule has 3 heterocycles. The van der Waals surface area contributed by atoms with E-state index in [1.807, 2.05) is 19.9 Å². The number of aromatic nitrogens is 6. The van der Waals surface area contributed by atoms with Gasteiger partial charge in [-0.3, -0.25) is 19.4 Å². The van der Waals surface area contributed by atoms with Crippen LogP contribution in [0.4, 0.5) is 5.82 Å². The van der Waals surface area contributed by atoms with Crippen LogP contribution in [-0.4, -0.2) is 48.0 Å². The molecule has 0 saturated heterocycles. The van der Waals surface area contributed by atoms with Crippen molar-refractivity contribution in [2.75, 3.05) is 5.32 Å². The molecule has 0 aliphatic heterocycles. The van der Waals surface area contributed by atoms with Gasteiger partial charge in [0, 0.05) is 24.5 Å². The fraction of sp³-hybridized carbons (Fsp3) is 0.478. The number of amides is 2. The fourth-order valence-corrected chi connectivity index (χ4v) is 4.70. The van der Waals surface area contributed by atoms with Crippen LogP contribution in [0.25, 0.3) is 11.3 Å². The molecule has 2 amide bonds. The van der Waals surface area contributed by atoms with Crippen molar-refractivity contribution in [3.63, 3.8) is 0 Å². The van der Waals surface area contributed by atoms with Gasteiger partial charge in [0.05, 0.1) is 11.4 Å². The lowest BCUT2D eigenvalue weighted by molar-refractivity contribution is -0.119. The maximum absolute atomic E-state index is 13.4. The second-order valence-corrected chi connectivity index (χ2v) is 9.15. The summed E-state index contributed by atoms with van der Waals surface area (Å²) < 4.78 is 1.51. The number of nitrogens with one attached hydrogen (secondary N) is 3. The summed E-state index contributed by atoms with van der Waals surface area (Å²) in [5.74, 6) is 0.875. The number of nitrogens with zero attached hydrogens (tertiary/aromatic N) is 5. The number of aromatic amines is 1. The van der Waals surface area contributed by atoms with Crippen LogP contribution in [0.15, 0.2) is 24.4 Å². The van der Waals surface area contributed by atoms with Gasteiger partial charge in [0.2, 0.25) is 5.91 Å². The third-order valence-electron chi connectivity index (χ3n) is 6.64. The number of anilines is 1. The molecule has 10 nitrogen and oxygen atoms in total. The minimum atomic E-state index is -0.632. The van der Waals surface area contributed by atoms with Crippen LogP contribution in [0.1, 0.15) is 47.6 Å². The zero-order valence-corrected chi connectivity index (χ0v) is 19.0. The quantitative estimate of drug-likeness (QED) is 0.485. The Morgan fingerprint density at radius 2 is 1.82 bits per heavy atom. The highest BCUT2D eigenvalue weighted by molar-refractivity contribution is 6.00. The molecule has 0 radical (unpaired) electrons. The minimum Gasteiger partial charge on any atom is -0.339 e. The number of rotatable bonds is 8. The lowest BCUT2D eigenvalue weighted by Crippen LogP contribution is -2.50. The van der Waals surface area contributed by atoms with Crippen LogP contribution in [0.3, 0.4) is 0 Å². The van der Waals surface area contributed by atoms with Crippen LogP contribution in [0, 0.1) is 31.6 Å². The maximum Gasteiger partial charge on any atom is 0.270 e. The minimum absolute atomic E-state index is 0.130. The van der Waals surface area contributed by atoms with E-state index in [9.17, 15) is 9.59 Å². The molecular weight excluding hydrogens is 420 g/mol. The van der Waals surface area contributed by atoms with Gasteiger partial charge in [0.15, 0.2) is 5.82 Å². The first kappa shape index (κ1) is 21.3. The summed E-state index contributed by atoms with van der Waals surface area (Å²) >= 11 is 0. The highest BCUT2D eigenvalue weighted by Gasteiger charge is 2.48. The molecule has 2 saturated carbocycles. The Labute approximate surface area is 191 Å². The molecule has 172 valence electrons. The first-order valence-electron chi connectivity index (χ1n) is 11.4. The molecule has 5 rings (SSSR count). The van der Waals surface area contributed by atoms with Crippen LogP contribution < -0.4 is 10.6 Å². The molecule has 2 fully saturated rings. The second kappa shape index (κ2) is 8.42. The Morgan fingerprint density at radius 1 is 1.09 bits per heavy atom. The molecule has 0 spiro atoms. The number of carbonyl (C=O) groups is 2. The first-order valence-corrected chi connectivity index (χ1v) is 11.4. The van der Waals surface area contributed by atoms with E-state index in [0.717, 1.165) is 42.6 Å². The second-order valence-electron chi connectivity index (χ2n) is 9.15. The largest absolute Gasteiger partial charge is 0.339 e. The van der Waals surface area contributed by atoms with Gasteiger partial charge in [-0.2, -0.15) is 10.2 Å². The lowest BCUT2D eigenvalue weighted by atomic mass is 9.88. The van der Waals surface area contributed by atoms with Crippen molar-refractivity contribution >= 4 is 17.6 Å². The van der Waals surface area contributed by atoms with E-state index in [-0.39, 0.29) is 17.7 Å². The Bertz CT molecular complexity index is 1140. The van der Waals surface area contributed by atoms with Gasteiger partial charge in [-0.1, -0.05) is 0 Å². The van der Waals surface area contributed by atoms with Crippen molar-refractivity contribution in [1.29, 1.82) is 0 Å². The SMILES string of the molecule is Cc1n[nH]c(C)c1-c1ccc(NC(=O)[C@@H](NC(=O)c2ccnn2C)C(C2CC2)C2CC2)nn1. The van der Waals surface area contributed by atoms with Crippen LogP contribution in [0.5, 0.6) is 0 Å². The highest BCUT2D eigenvalue weighted by atomic mass is 16.2. The molecule has 10 heteroatoms. The van der Waals surface area contributed by atoms with Crippen molar-refractivity contribution in [1.82, 2.24) is 35.5 Å². The van der Waals surface area contributed by atoms with E-state index in [0.29, 0.717) is 29.0 Å². The summed E-state index contributed by atoms with van der Waals surface area (Å²) in [5, 5.41) is 25.6. The third-order valence-corrected chi connectivity index (χ3v) is 6.64. The van der Waals surface area contributed by atoms with Crippen molar-refractivity contribution < 1.29 is 9.59 Å². The van der Waals surface area contributed by atoms with E-state index >= 15 is 0 Å². The Balaban J connectivity index is 1.35. The molecule has 0 aromatic carbocycles. The van der Waals surface area contributed by atoms with Crippen molar-refractivity contribution in [3.8, 4) is 11.3 Å². The molecule has 2 aliphatic carbocycles. The first-order chi connectivity index (χ1) is 15.9. The van der Waals surface area contributed by atoms with Crippen molar-refractivity contribution in [2.24, 2.45) is 24.8 Å². The molecule has 0 bridgehead atoms. The van der Waals surface area contributed by atoms with Gasteiger partial charge in [-0.05, 0) is 75.5 Å². The summed E-state index contributed by atoms with van der Waals surface area (Å²) in [5.41, 5.74) is 3.77. The maximum atomic E-state index is 13.4. The average molecular weight is 449 g/mol. The summed E-state index contributed by atoms with van der Waals surface area (Å²) in [4.78, 5) is 26.3. The van der Waals surface area contributed by atoms with E-state index in [1.54, 1.807) is 25.4 Å². The van der Waals surface area contributed by atoms with Gasteiger partial charge in [0.1, 0.15) is 11.7 Å². The molecule has 2 aliphatic rings. The zero-order valence-electron chi connectivity index (χ0n) is 19.0. The fourth-order valence-electron chi connectivity index (χ4n) is 4.70. The number of carbonyl (C=O) groups excluding carboxylic acids is 2. The van der Waals surface area contributed by atoms with E-state index in [2.05, 4.69) is 36.1 Å². The van der Waals surface area contributed by atoms with E-state index in [4.69, 9.17) is 0 Å². The van der Waals surface area contributed by atoms with Crippen LogP contribution in [-0.2, 0) is 11.8 Å². The van der Waals surface area contributed by atoms with Crippen LogP contribution >= 0.6 is 0 Å². The van der Waals surface area contributed by atoms with Gasteiger partial charge in [0.25, 0.3) is 5.91 Å². The number of aryl methyl sites for hydroxylation is 3. The summed E-state index contributed by atoms with van der Waals surface area (Å²) in [6.45, 7) is 3.83. The topological polar surface area (TPSA) is 130 Å². The van der Waals surface area contributed by atoms with Crippen molar-refractivity contribution in [2.45, 2.75) is 45.6 Å². The predicted molar refractivity (Wildman–Crippen MR) is 121 cm³/mol. The van der Waals surface area contributed by atoms with Gasteiger partial charge in [-0.15, -0.1) is 10.2 Å². The standard InChI is InChI=1S/C23H28N8O2/c1-12-19(13(2)28-27-12)16-8-9-18(30-29-16)25-23(33)21(20(14-4-5-14)15-6-7-15)26-22(32)17-10-11-24-31(17)3/h8-11,14-15,20-21H,4-7H2,1-3H3,(H,26,32)(H,27,28)(H,25,30,33)/t21-/m0/s1. The molecular formula is C23H28N8O2. The molecule has 3 aromatic rings. The average Bonchev–Trinajstić information content (AvgIpc) is 3.72. The zero-order chi connectivity index (χ0) is 23.1. The summed E-state index contributed by atoms with van der Waals surface area (Å²) in [7, 11) is 1.71. The van der Waals surface area contributed by atoms with E-state index < -0.39 is 6.04 Å². The monoisotopic (exact) mass is 448 g/mol. The van der Waals surface area contributed by atoms with Gasteiger partial charge in [-0.25, -0.2) is 0 Å².